The fraction of sp³-hybridized carbons (Fsp3) is 0.391. The van der Waals surface area contributed by atoms with E-state index in [0.717, 1.165) is 24.1 Å². The Morgan fingerprint density at radius 1 is 1.10 bits per heavy atom. The molecule has 6 nitrogen and oxygen atoms in total. The molecule has 0 unspecified atom stereocenters. The molecular formula is C23H26N2O4. The number of ether oxygens (including phenoxy) is 2. The van der Waals surface area contributed by atoms with E-state index in [2.05, 4.69) is 5.32 Å². The minimum atomic E-state index is -1.44. The minimum Gasteiger partial charge on any atom is -0.338 e. The van der Waals surface area contributed by atoms with E-state index in [1.165, 1.54) is 0 Å². The lowest BCUT2D eigenvalue weighted by atomic mass is 10.1. The van der Waals surface area contributed by atoms with E-state index in [1.54, 1.807) is 4.90 Å². The van der Waals surface area contributed by atoms with E-state index < -0.39 is 11.8 Å². The van der Waals surface area contributed by atoms with Gasteiger partial charge < -0.3 is 14.8 Å². The van der Waals surface area contributed by atoms with Crippen LogP contribution in [-0.2, 0) is 31.3 Å². The normalized spacial score (nSPS) is 18.6. The van der Waals surface area contributed by atoms with Crippen molar-refractivity contribution in [2.45, 2.75) is 44.9 Å². The molecule has 2 aliphatic rings. The number of rotatable bonds is 5. The molecule has 1 N–H and O–H groups in total. The first-order valence-corrected chi connectivity index (χ1v) is 10.2. The Bertz CT molecular complexity index is 921. The molecule has 0 bridgehead atoms. The van der Waals surface area contributed by atoms with Crippen LogP contribution < -0.4 is 10.2 Å². The third kappa shape index (κ3) is 3.22. The third-order valence-corrected chi connectivity index (χ3v) is 5.58. The molecule has 0 aliphatic carbocycles. The van der Waals surface area contributed by atoms with Crippen LogP contribution in [0.1, 0.15) is 37.8 Å². The van der Waals surface area contributed by atoms with Gasteiger partial charge in [0.05, 0.1) is 18.9 Å². The molecule has 4 rings (SSSR count). The number of carbonyl (C=O) groups is 2. The Labute approximate surface area is 170 Å². The standard InChI is InChI=1S/C23H26N2O4/c1-3-16-10-5-7-12-18(16)24-21(26)19(4-2)25-20-13-8-6-11-17(20)23(22(25)27)28-14-9-15-29-23/h5-8,10-13,19H,3-4,9,14-15H2,1-2H3,(H,24,26)/t19-/m0/s1. The highest BCUT2D eigenvalue weighted by molar-refractivity contribution is 6.12. The summed E-state index contributed by atoms with van der Waals surface area (Å²) in [5.41, 5.74) is 3.17. The number of hydrogen-bond donors (Lipinski definition) is 1. The molecular weight excluding hydrogens is 368 g/mol. The van der Waals surface area contributed by atoms with E-state index in [1.807, 2.05) is 62.4 Å². The number of amides is 2. The van der Waals surface area contributed by atoms with Crippen LogP contribution in [0, 0.1) is 0 Å². The van der Waals surface area contributed by atoms with Crippen LogP contribution in [0.25, 0.3) is 0 Å². The summed E-state index contributed by atoms with van der Waals surface area (Å²) in [4.78, 5) is 28.3. The molecule has 1 spiro atoms. The van der Waals surface area contributed by atoms with E-state index in [0.29, 0.717) is 30.9 Å². The van der Waals surface area contributed by atoms with Gasteiger partial charge in [0.15, 0.2) is 0 Å². The molecule has 0 radical (unpaired) electrons. The summed E-state index contributed by atoms with van der Waals surface area (Å²) in [5, 5.41) is 3.02. The van der Waals surface area contributed by atoms with Crippen molar-refractivity contribution < 1.29 is 19.1 Å². The van der Waals surface area contributed by atoms with Crippen LogP contribution in [-0.4, -0.2) is 31.1 Å². The zero-order chi connectivity index (χ0) is 20.4. The summed E-state index contributed by atoms with van der Waals surface area (Å²) in [6, 6.07) is 14.5. The summed E-state index contributed by atoms with van der Waals surface area (Å²) in [7, 11) is 0. The van der Waals surface area contributed by atoms with E-state index in [9.17, 15) is 9.59 Å². The second kappa shape index (κ2) is 7.97. The fourth-order valence-electron chi connectivity index (χ4n) is 4.12. The summed E-state index contributed by atoms with van der Waals surface area (Å²) in [6.07, 6.45) is 2.02. The number of nitrogens with zero attached hydrogens (tertiary/aromatic N) is 1. The highest BCUT2D eigenvalue weighted by atomic mass is 16.7. The van der Waals surface area contributed by atoms with Crippen molar-refractivity contribution in [1.82, 2.24) is 0 Å². The topological polar surface area (TPSA) is 67.9 Å². The van der Waals surface area contributed by atoms with Crippen molar-refractivity contribution in [3.05, 3.63) is 59.7 Å². The smallest absolute Gasteiger partial charge is 0.293 e. The van der Waals surface area contributed by atoms with E-state index in [4.69, 9.17) is 9.47 Å². The Kier molecular flexibility index (Phi) is 5.39. The molecule has 0 aromatic heterocycles. The number of aryl methyl sites for hydroxylation is 1. The first-order chi connectivity index (χ1) is 14.1. The van der Waals surface area contributed by atoms with Gasteiger partial charge >= 0.3 is 0 Å². The first kappa shape index (κ1) is 19.6. The summed E-state index contributed by atoms with van der Waals surface area (Å²) < 4.78 is 11.8. The Hall–Kier alpha value is -2.70. The molecule has 0 saturated carbocycles. The quantitative estimate of drug-likeness (QED) is 0.841. The summed E-state index contributed by atoms with van der Waals surface area (Å²) in [5.74, 6) is -1.99. The average Bonchev–Trinajstić information content (AvgIpc) is 2.98. The molecule has 2 aliphatic heterocycles. The predicted molar refractivity (Wildman–Crippen MR) is 111 cm³/mol. The van der Waals surface area contributed by atoms with Gasteiger partial charge in [-0.15, -0.1) is 0 Å². The molecule has 152 valence electrons. The van der Waals surface area contributed by atoms with Gasteiger partial charge in [0.25, 0.3) is 11.7 Å². The highest BCUT2D eigenvalue weighted by Crippen LogP contribution is 2.46. The average molecular weight is 394 g/mol. The summed E-state index contributed by atoms with van der Waals surface area (Å²) >= 11 is 0. The predicted octanol–water partition coefficient (Wildman–Crippen LogP) is 3.60. The molecule has 2 amide bonds. The Balaban J connectivity index is 1.68. The van der Waals surface area contributed by atoms with E-state index in [-0.39, 0.29) is 11.8 Å². The largest absolute Gasteiger partial charge is 0.338 e. The van der Waals surface area contributed by atoms with Crippen LogP contribution in [0.2, 0.25) is 0 Å². The fourth-order valence-corrected chi connectivity index (χ4v) is 4.12. The van der Waals surface area contributed by atoms with Gasteiger partial charge in [-0.25, -0.2) is 0 Å². The molecule has 2 aromatic carbocycles. The third-order valence-electron chi connectivity index (χ3n) is 5.58. The SMILES string of the molecule is CCc1ccccc1NC(=O)[C@H](CC)N1C(=O)C2(OCCCO2)c2ccccc21. The van der Waals surface area contributed by atoms with Crippen LogP contribution in [0.3, 0.4) is 0 Å². The van der Waals surface area contributed by atoms with Crippen LogP contribution in [0.4, 0.5) is 11.4 Å². The molecule has 2 heterocycles. The second-order valence-electron chi connectivity index (χ2n) is 7.28. The maximum atomic E-state index is 13.5. The molecule has 1 fully saturated rings. The zero-order valence-electron chi connectivity index (χ0n) is 16.8. The Morgan fingerprint density at radius 2 is 1.79 bits per heavy atom. The van der Waals surface area contributed by atoms with Gasteiger partial charge in [-0.2, -0.15) is 0 Å². The van der Waals surface area contributed by atoms with Crippen molar-refractivity contribution in [3.63, 3.8) is 0 Å². The maximum absolute atomic E-state index is 13.5. The maximum Gasteiger partial charge on any atom is 0.293 e. The monoisotopic (exact) mass is 394 g/mol. The van der Waals surface area contributed by atoms with Crippen LogP contribution in [0.5, 0.6) is 0 Å². The molecule has 6 heteroatoms. The number of hydrogen-bond acceptors (Lipinski definition) is 4. The first-order valence-electron chi connectivity index (χ1n) is 10.2. The van der Waals surface area contributed by atoms with Crippen molar-refractivity contribution in [1.29, 1.82) is 0 Å². The number of para-hydroxylation sites is 2. The highest BCUT2D eigenvalue weighted by Gasteiger charge is 2.56. The van der Waals surface area contributed by atoms with Crippen LogP contribution in [0.15, 0.2) is 48.5 Å². The Morgan fingerprint density at radius 3 is 2.52 bits per heavy atom. The zero-order valence-corrected chi connectivity index (χ0v) is 16.8. The molecule has 2 aromatic rings. The number of fused-ring (bicyclic) bond motifs is 2. The lowest BCUT2D eigenvalue weighted by Gasteiger charge is -2.33. The lowest BCUT2D eigenvalue weighted by Crippen LogP contribution is -2.52. The minimum absolute atomic E-state index is 0.218. The number of nitrogens with one attached hydrogen (secondary N) is 1. The van der Waals surface area contributed by atoms with E-state index >= 15 is 0 Å². The van der Waals surface area contributed by atoms with Gasteiger partial charge in [-0.3, -0.25) is 14.5 Å². The number of benzene rings is 2. The van der Waals surface area contributed by atoms with Crippen LogP contribution >= 0.6 is 0 Å². The van der Waals surface area contributed by atoms with Gasteiger partial charge in [0.2, 0.25) is 5.91 Å². The van der Waals surface area contributed by atoms with Crippen molar-refractivity contribution >= 4 is 23.2 Å². The summed E-state index contributed by atoms with van der Waals surface area (Å²) in [6.45, 7) is 4.84. The lowest BCUT2D eigenvalue weighted by molar-refractivity contribution is -0.256. The molecule has 1 saturated heterocycles. The van der Waals surface area contributed by atoms with Crippen molar-refractivity contribution in [2.24, 2.45) is 0 Å². The van der Waals surface area contributed by atoms with Crippen molar-refractivity contribution in [2.75, 3.05) is 23.4 Å². The second-order valence-corrected chi connectivity index (χ2v) is 7.28. The van der Waals surface area contributed by atoms with Gasteiger partial charge in [0, 0.05) is 11.3 Å². The van der Waals surface area contributed by atoms with Crippen molar-refractivity contribution in [3.8, 4) is 0 Å². The van der Waals surface area contributed by atoms with Gasteiger partial charge in [-0.1, -0.05) is 50.2 Å². The molecule has 29 heavy (non-hydrogen) atoms. The van der Waals surface area contributed by atoms with Gasteiger partial charge in [-0.05, 0) is 37.0 Å². The molecule has 1 atom stereocenters. The number of carbonyl (C=O) groups excluding carboxylic acids is 2. The number of anilines is 2. The van der Waals surface area contributed by atoms with Gasteiger partial charge in [0.1, 0.15) is 6.04 Å².